The van der Waals surface area contributed by atoms with E-state index >= 15 is 0 Å². The fraction of sp³-hybridized carbons (Fsp3) is 0.257. The number of rotatable bonds is 7. The van der Waals surface area contributed by atoms with Gasteiger partial charge in [-0.1, -0.05) is 66.7 Å². The van der Waals surface area contributed by atoms with Gasteiger partial charge in [-0.25, -0.2) is 0 Å². The highest BCUT2D eigenvalue weighted by molar-refractivity contribution is 6.13. The first-order valence-corrected chi connectivity index (χ1v) is 14.4. The SMILES string of the molecule is CC(=O)Nc1cccc(C2CCN(C(C)CNC(=O)c3cc4cc(-c5ccccc5)c5ccccc5c4o3)CC2)c1. The molecule has 1 fully saturated rings. The van der Waals surface area contributed by atoms with Crippen LogP contribution in [0.25, 0.3) is 32.9 Å². The van der Waals surface area contributed by atoms with Crippen LogP contribution in [-0.2, 0) is 4.79 Å². The predicted octanol–water partition coefficient (Wildman–Crippen LogP) is 7.21. The maximum Gasteiger partial charge on any atom is 0.287 e. The molecule has 208 valence electrons. The molecule has 1 aliphatic heterocycles. The van der Waals surface area contributed by atoms with Gasteiger partial charge in [-0.3, -0.25) is 14.5 Å². The van der Waals surface area contributed by atoms with Gasteiger partial charge in [-0.15, -0.1) is 0 Å². The van der Waals surface area contributed by atoms with Gasteiger partial charge < -0.3 is 15.1 Å². The Morgan fingerprint density at radius 3 is 2.39 bits per heavy atom. The number of benzene rings is 4. The van der Waals surface area contributed by atoms with Crippen LogP contribution in [0.1, 0.15) is 48.7 Å². The second-order valence-corrected chi connectivity index (χ2v) is 11.0. The summed E-state index contributed by atoms with van der Waals surface area (Å²) in [5.74, 6) is 0.553. The Morgan fingerprint density at radius 2 is 1.63 bits per heavy atom. The van der Waals surface area contributed by atoms with Crippen LogP contribution in [0.2, 0.25) is 0 Å². The number of fused-ring (bicyclic) bond motifs is 3. The minimum atomic E-state index is -0.192. The molecule has 2 N–H and O–H groups in total. The second kappa shape index (κ2) is 11.6. The van der Waals surface area contributed by atoms with Crippen molar-refractivity contribution in [1.82, 2.24) is 10.2 Å². The van der Waals surface area contributed by atoms with Gasteiger partial charge in [0.25, 0.3) is 5.91 Å². The number of amides is 2. The molecule has 0 radical (unpaired) electrons. The van der Waals surface area contributed by atoms with Crippen molar-refractivity contribution >= 4 is 39.2 Å². The van der Waals surface area contributed by atoms with Crippen molar-refractivity contribution in [3.8, 4) is 11.1 Å². The molecule has 1 atom stereocenters. The lowest BCUT2D eigenvalue weighted by molar-refractivity contribution is -0.114. The summed E-state index contributed by atoms with van der Waals surface area (Å²) in [7, 11) is 0. The number of likely N-dealkylation sites (tertiary alicyclic amines) is 1. The van der Waals surface area contributed by atoms with E-state index in [-0.39, 0.29) is 17.9 Å². The van der Waals surface area contributed by atoms with Crippen molar-refractivity contribution in [2.24, 2.45) is 0 Å². The molecule has 5 aromatic rings. The number of nitrogens with one attached hydrogen (secondary N) is 2. The number of furan rings is 1. The number of piperidine rings is 1. The summed E-state index contributed by atoms with van der Waals surface area (Å²) in [6, 6.07) is 30.8. The number of anilines is 1. The lowest BCUT2D eigenvalue weighted by Gasteiger charge is -2.36. The minimum absolute atomic E-state index is 0.0548. The zero-order valence-electron chi connectivity index (χ0n) is 23.5. The van der Waals surface area contributed by atoms with Crippen LogP contribution < -0.4 is 10.6 Å². The van der Waals surface area contributed by atoms with Gasteiger partial charge in [0.1, 0.15) is 5.58 Å². The Hall–Kier alpha value is -4.42. The topological polar surface area (TPSA) is 74.6 Å². The van der Waals surface area contributed by atoms with Gasteiger partial charge in [0.05, 0.1) is 0 Å². The lowest BCUT2D eigenvalue weighted by Crippen LogP contribution is -2.45. The third-order valence-corrected chi connectivity index (χ3v) is 8.22. The summed E-state index contributed by atoms with van der Waals surface area (Å²) >= 11 is 0. The van der Waals surface area contributed by atoms with E-state index in [2.05, 4.69) is 64.9 Å². The van der Waals surface area contributed by atoms with Crippen LogP contribution in [0.3, 0.4) is 0 Å². The van der Waals surface area contributed by atoms with E-state index in [0.717, 1.165) is 64.5 Å². The van der Waals surface area contributed by atoms with Crippen LogP contribution in [0.15, 0.2) is 95.4 Å². The van der Waals surface area contributed by atoms with Crippen molar-refractivity contribution in [1.29, 1.82) is 0 Å². The number of carbonyl (C=O) groups excluding carboxylic acids is 2. The molecule has 0 aliphatic carbocycles. The van der Waals surface area contributed by atoms with E-state index in [1.54, 1.807) is 0 Å². The Balaban J connectivity index is 1.11. The predicted molar refractivity (Wildman–Crippen MR) is 165 cm³/mol. The van der Waals surface area contributed by atoms with Gasteiger partial charge in [0.15, 0.2) is 5.76 Å². The van der Waals surface area contributed by atoms with Gasteiger partial charge in [0.2, 0.25) is 5.91 Å². The smallest absolute Gasteiger partial charge is 0.287 e. The highest BCUT2D eigenvalue weighted by Gasteiger charge is 2.25. The molecule has 6 heteroatoms. The minimum Gasteiger partial charge on any atom is -0.450 e. The van der Waals surface area contributed by atoms with E-state index < -0.39 is 0 Å². The van der Waals surface area contributed by atoms with Crippen molar-refractivity contribution in [2.75, 3.05) is 25.0 Å². The number of nitrogens with zero attached hydrogens (tertiary/aromatic N) is 1. The number of carbonyl (C=O) groups is 2. The summed E-state index contributed by atoms with van der Waals surface area (Å²) in [6.07, 6.45) is 2.09. The van der Waals surface area contributed by atoms with E-state index in [4.69, 9.17) is 4.42 Å². The lowest BCUT2D eigenvalue weighted by atomic mass is 9.88. The van der Waals surface area contributed by atoms with Gasteiger partial charge in [-0.05, 0) is 85.1 Å². The quantitative estimate of drug-likeness (QED) is 0.227. The molecule has 41 heavy (non-hydrogen) atoms. The van der Waals surface area contributed by atoms with Crippen LogP contribution in [0.4, 0.5) is 5.69 Å². The van der Waals surface area contributed by atoms with E-state index in [1.165, 1.54) is 12.5 Å². The summed E-state index contributed by atoms with van der Waals surface area (Å²) in [4.78, 5) is 27.1. The Labute approximate surface area is 240 Å². The summed E-state index contributed by atoms with van der Waals surface area (Å²) in [5.41, 5.74) is 5.12. The molecular formula is C35H35N3O3. The maximum atomic E-state index is 13.2. The van der Waals surface area contributed by atoms with Gasteiger partial charge in [0, 0.05) is 36.0 Å². The molecule has 6 nitrogen and oxygen atoms in total. The summed E-state index contributed by atoms with van der Waals surface area (Å²) in [5, 5.41) is 9.01. The largest absolute Gasteiger partial charge is 0.450 e. The zero-order valence-corrected chi connectivity index (χ0v) is 23.5. The average molecular weight is 546 g/mol. The molecular weight excluding hydrogens is 510 g/mol. The standard InChI is InChI=1S/C35H35N3O3/c1-23(38-17-15-25(16-18-38)27-11-8-12-29(19-27)37-24(2)39)22-36-35(40)33-21-28-20-32(26-9-4-3-5-10-26)30-13-6-7-14-31(30)34(28)41-33/h3-14,19-21,23,25H,15-18,22H2,1-2H3,(H,36,40)(H,37,39). The molecule has 1 saturated heterocycles. The first kappa shape index (κ1) is 26.8. The number of hydrogen-bond acceptors (Lipinski definition) is 4. The zero-order chi connectivity index (χ0) is 28.3. The van der Waals surface area contributed by atoms with Crippen molar-refractivity contribution in [3.05, 3.63) is 102 Å². The Morgan fingerprint density at radius 1 is 0.902 bits per heavy atom. The fourth-order valence-electron chi connectivity index (χ4n) is 6.04. The van der Waals surface area contributed by atoms with Crippen LogP contribution >= 0.6 is 0 Å². The first-order valence-electron chi connectivity index (χ1n) is 14.4. The van der Waals surface area contributed by atoms with E-state index in [9.17, 15) is 9.59 Å². The highest BCUT2D eigenvalue weighted by Crippen LogP contribution is 2.36. The van der Waals surface area contributed by atoms with Crippen molar-refractivity contribution < 1.29 is 14.0 Å². The first-order chi connectivity index (χ1) is 20.0. The summed E-state index contributed by atoms with van der Waals surface area (Å²) in [6.45, 7) is 6.17. The van der Waals surface area contributed by atoms with Crippen LogP contribution in [0.5, 0.6) is 0 Å². The molecule has 1 aromatic heterocycles. The van der Waals surface area contributed by atoms with E-state index in [0.29, 0.717) is 18.2 Å². The highest BCUT2D eigenvalue weighted by atomic mass is 16.3. The molecule has 0 spiro atoms. The second-order valence-electron chi connectivity index (χ2n) is 11.0. The third-order valence-electron chi connectivity index (χ3n) is 8.22. The van der Waals surface area contributed by atoms with Crippen molar-refractivity contribution in [2.45, 2.75) is 38.6 Å². The molecule has 4 aromatic carbocycles. The fourth-order valence-corrected chi connectivity index (χ4v) is 6.04. The Kier molecular flexibility index (Phi) is 7.57. The molecule has 1 unspecified atom stereocenters. The molecule has 1 aliphatic rings. The van der Waals surface area contributed by atoms with Crippen LogP contribution in [0, 0.1) is 0 Å². The molecule has 0 saturated carbocycles. The van der Waals surface area contributed by atoms with Gasteiger partial charge in [-0.2, -0.15) is 0 Å². The molecule has 2 amide bonds. The average Bonchev–Trinajstić information content (AvgIpc) is 3.44. The molecule has 6 rings (SSSR count). The molecule has 0 bridgehead atoms. The van der Waals surface area contributed by atoms with Crippen LogP contribution in [-0.4, -0.2) is 42.4 Å². The maximum absolute atomic E-state index is 13.2. The summed E-state index contributed by atoms with van der Waals surface area (Å²) < 4.78 is 6.16. The normalized spacial score (nSPS) is 15.2. The Bertz CT molecular complexity index is 1700. The van der Waals surface area contributed by atoms with Crippen molar-refractivity contribution in [3.63, 3.8) is 0 Å². The third kappa shape index (κ3) is 5.74. The van der Waals surface area contributed by atoms with E-state index in [1.807, 2.05) is 48.5 Å². The number of hydrogen-bond donors (Lipinski definition) is 2. The monoisotopic (exact) mass is 545 g/mol. The molecule has 2 heterocycles. The van der Waals surface area contributed by atoms with Gasteiger partial charge >= 0.3 is 0 Å².